The van der Waals surface area contributed by atoms with Crippen LogP contribution in [0.1, 0.15) is 16.8 Å². The molecule has 0 saturated carbocycles. The van der Waals surface area contributed by atoms with Gasteiger partial charge in [0.2, 0.25) is 5.91 Å². The molecule has 0 aliphatic rings. The van der Waals surface area contributed by atoms with Crippen molar-refractivity contribution in [2.45, 2.75) is 6.42 Å². The second-order valence-electron chi connectivity index (χ2n) is 5.02. The van der Waals surface area contributed by atoms with Gasteiger partial charge in [0.05, 0.1) is 0 Å². The molecule has 0 saturated heterocycles. The van der Waals surface area contributed by atoms with Gasteiger partial charge in [-0.15, -0.1) is 0 Å². The second-order valence-corrected chi connectivity index (χ2v) is 5.02. The summed E-state index contributed by atoms with van der Waals surface area (Å²) in [5.74, 6) is -0.220. The molecule has 3 N–H and O–H groups in total. The number of likely N-dealkylation sites (N-methyl/N-ethyl adjacent to an activating group) is 1. The first-order chi connectivity index (χ1) is 10.7. The average molecular weight is 299 g/mol. The van der Waals surface area contributed by atoms with Crippen LogP contribution in [0.5, 0.6) is 0 Å². The van der Waals surface area contributed by atoms with Crippen molar-refractivity contribution < 1.29 is 9.59 Å². The van der Waals surface area contributed by atoms with Crippen molar-refractivity contribution in [3.8, 4) is 0 Å². The highest BCUT2D eigenvalue weighted by Gasteiger charge is 2.07. The highest BCUT2D eigenvalue weighted by atomic mass is 16.2. The van der Waals surface area contributed by atoms with Gasteiger partial charge in [-0.25, -0.2) is 0 Å². The zero-order valence-electron chi connectivity index (χ0n) is 12.7. The lowest BCUT2D eigenvalue weighted by atomic mass is 10.1. The number of hydrogen-bond donors (Lipinski definition) is 3. The molecule has 116 valence electrons. The van der Waals surface area contributed by atoms with E-state index >= 15 is 0 Å². The van der Waals surface area contributed by atoms with Gasteiger partial charge in [0.25, 0.3) is 5.91 Å². The first-order valence-electron chi connectivity index (χ1n) is 7.39. The molecule has 0 unspecified atom stereocenters. The van der Waals surface area contributed by atoms with Crippen LogP contribution in [0.3, 0.4) is 0 Å². The summed E-state index contributed by atoms with van der Waals surface area (Å²) in [6.07, 6.45) is 0.281. The Bertz CT molecular complexity index is 655. The molecular formula is C17H21N3O2. The zero-order chi connectivity index (χ0) is 15.8. The number of fused-ring (bicyclic) bond motifs is 1. The summed E-state index contributed by atoms with van der Waals surface area (Å²) in [5.41, 5.74) is 0.606. The Morgan fingerprint density at radius 1 is 0.909 bits per heavy atom. The minimum absolute atomic E-state index is 0.0611. The van der Waals surface area contributed by atoms with Gasteiger partial charge in [-0.3, -0.25) is 9.59 Å². The number of nitrogens with one attached hydrogen (secondary N) is 3. The van der Waals surface area contributed by atoms with Crippen LogP contribution in [0.4, 0.5) is 0 Å². The maximum absolute atomic E-state index is 12.1. The summed E-state index contributed by atoms with van der Waals surface area (Å²) in [6.45, 7) is 1.65. The van der Waals surface area contributed by atoms with E-state index in [0.29, 0.717) is 18.7 Å². The third-order valence-electron chi connectivity index (χ3n) is 3.35. The summed E-state index contributed by atoms with van der Waals surface area (Å²) < 4.78 is 0. The summed E-state index contributed by atoms with van der Waals surface area (Å²) in [4.78, 5) is 23.6. The molecule has 0 aliphatic heterocycles. The van der Waals surface area contributed by atoms with Gasteiger partial charge < -0.3 is 16.0 Å². The summed E-state index contributed by atoms with van der Waals surface area (Å²) in [7, 11) is 1.83. The minimum atomic E-state index is -0.159. The number of hydrogen-bond acceptors (Lipinski definition) is 3. The van der Waals surface area contributed by atoms with Gasteiger partial charge >= 0.3 is 0 Å². The Labute approximate surface area is 130 Å². The Morgan fingerprint density at radius 2 is 1.68 bits per heavy atom. The monoisotopic (exact) mass is 299 g/mol. The van der Waals surface area contributed by atoms with Crippen LogP contribution < -0.4 is 16.0 Å². The first-order valence-corrected chi connectivity index (χ1v) is 7.39. The zero-order valence-corrected chi connectivity index (χ0v) is 12.7. The van der Waals surface area contributed by atoms with Crippen molar-refractivity contribution >= 4 is 22.6 Å². The molecule has 22 heavy (non-hydrogen) atoms. The number of carbonyl (C=O) groups excluding carboxylic acids is 2. The van der Waals surface area contributed by atoms with Gasteiger partial charge in [0.1, 0.15) is 0 Å². The molecular weight excluding hydrogens is 278 g/mol. The highest BCUT2D eigenvalue weighted by molar-refractivity contribution is 5.98. The van der Waals surface area contributed by atoms with E-state index in [2.05, 4.69) is 16.0 Å². The van der Waals surface area contributed by atoms with Crippen LogP contribution in [-0.2, 0) is 4.79 Å². The van der Waals surface area contributed by atoms with Gasteiger partial charge in [0.15, 0.2) is 0 Å². The molecule has 2 aromatic carbocycles. The van der Waals surface area contributed by atoms with Gasteiger partial charge in [-0.2, -0.15) is 0 Å². The number of carbonyl (C=O) groups is 2. The predicted molar refractivity (Wildman–Crippen MR) is 87.8 cm³/mol. The van der Waals surface area contributed by atoms with Crippen LogP contribution in [0, 0.1) is 0 Å². The van der Waals surface area contributed by atoms with E-state index in [0.717, 1.165) is 17.3 Å². The molecule has 2 rings (SSSR count). The van der Waals surface area contributed by atoms with E-state index < -0.39 is 0 Å². The molecule has 0 heterocycles. The third-order valence-corrected chi connectivity index (χ3v) is 3.35. The molecule has 0 fully saturated rings. The Balaban J connectivity index is 1.82. The third kappa shape index (κ3) is 4.56. The fraction of sp³-hybridized carbons (Fsp3) is 0.294. The fourth-order valence-corrected chi connectivity index (χ4v) is 2.14. The minimum Gasteiger partial charge on any atom is -0.355 e. The van der Waals surface area contributed by atoms with Crippen LogP contribution in [0.2, 0.25) is 0 Å². The van der Waals surface area contributed by atoms with Crippen molar-refractivity contribution in [1.29, 1.82) is 0 Å². The molecule has 0 atom stereocenters. The average Bonchev–Trinajstić information content (AvgIpc) is 2.54. The van der Waals surface area contributed by atoms with Gasteiger partial charge in [-0.05, 0) is 30.0 Å². The predicted octanol–water partition coefficient (Wildman–Crippen LogP) is 1.30. The van der Waals surface area contributed by atoms with E-state index in [9.17, 15) is 9.59 Å². The van der Waals surface area contributed by atoms with Crippen molar-refractivity contribution in [2.75, 3.05) is 26.7 Å². The highest BCUT2D eigenvalue weighted by Crippen LogP contribution is 2.15. The Hall–Kier alpha value is -2.40. The van der Waals surface area contributed by atoms with E-state index in [-0.39, 0.29) is 18.2 Å². The molecule has 0 aliphatic carbocycles. The maximum atomic E-state index is 12.1. The maximum Gasteiger partial charge on any atom is 0.251 e. The lowest BCUT2D eigenvalue weighted by Crippen LogP contribution is -2.33. The van der Waals surface area contributed by atoms with Crippen molar-refractivity contribution in [1.82, 2.24) is 16.0 Å². The summed E-state index contributed by atoms with van der Waals surface area (Å²) >= 11 is 0. The molecule has 2 amide bonds. The number of rotatable bonds is 7. The van der Waals surface area contributed by atoms with E-state index in [1.54, 1.807) is 6.07 Å². The van der Waals surface area contributed by atoms with E-state index in [1.165, 1.54) is 0 Å². The van der Waals surface area contributed by atoms with Crippen molar-refractivity contribution in [3.63, 3.8) is 0 Å². The van der Waals surface area contributed by atoms with E-state index in [1.807, 2.05) is 43.4 Å². The first kappa shape index (κ1) is 16.0. The van der Waals surface area contributed by atoms with E-state index in [4.69, 9.17) is 0 Å². The number of amides is 2. The number of benzene rings is 2. The van der Waals surface area contributed by atoms with Crippen LogP contribution in [0.25, 0.3) is 10.8 Å². The van der Waals surface area contributed by atoms with Crippen LogP contribution in [0.15, 0.2) is 42.5 Å². The lowest BCUT2D eigenvalue weighted by molar-refractivity contribution is -0.120. The fourth-order valence-electron chi connectivity index (χ4n) is 2.14. The molecule has 0 spiro atoms. The lowest BCUT2D eigenvalue weighted by Gasteiger charge is -2.07. The van der Waals surface area contributed by atoms with Gasteiger partial charge in [-0.1, -0.05) is 30.3 Å². The quantitative estimate of drug-likeness (QED) is 0.675. The van der Waals surface area contributed by atoms with Crippen LogP contribution in [-0.4, -0.2) is 38.5 Å². The Kier molecular flexibility index (Phi) is 5.91. The molecule has 2 aromatic rings. The normalized spacial score (nSPS) is 10.4. The van der Waals surface area contributed by atoms with Gasteiger partial charge in [0, 0.05) is 31.6 Å². The van der Waals surface area contributed by atoms with Crippen LogP contribution >= 0.6 is 0 Å². The smallest absolute Gasteiger partial charge is 0.251 e. The molecule has 0 radical (unpaired) electrons. The molecule has 5 nitrogen and oxygen atoms in total. The topological polar surface area (TPSA) is 70.2 Å². The van der Waals surface area contributed by atoms with Crippen molar-refractivity contribution in [3.05, 3.63) is 48.0 Å². The largest absolute Gasteiger partial charge is 0.355 e. The summed E-state index contributed by atoms with van der Waals surface area (Å²) in [5, 5.41) is 10.6. The Morgan fingerprint density at radius 3 is 2.45 bits per heavy atom. The molecule has 0 aromatic heterocycles. The standard InChI is InChI=1S/C17H21N3O2/c1-18-10-11-19-16(21)8-9-20-17(22)15-7-6-13-4-2-3-5-14(13)12-15/h2-7,12,18H,8-11H2,1H3,(H,19,21)(H,20,22). The summed E-state index contributed by atoms with van der Waals surface area (Å²) in [6, 6.07) is 13.5. The molecule has 0 bridgehead atoms. The SMILES string of the molecule is CNCCNC(=O)CCNC(=O)c1ccc2ccccc2c1. The molecule has 5 heteroatoms. The second kappa shape index (κ2) is 8.14. The van der Waals surface area contributed by atoms with Crippen molar-refractivity contribution in [2.24, 2.45) is 0 Å².